The average Bonchev–Trinajstić information content (AvgIpc) is 2.99. The minimum Gasteiger partial charge on any atom is -0.493 e. The van der Waals surface area contributed by atoms with Gasteiger partial charge in [0.15, 0.2) is 0 Å². The number of ether oxygens (including phenoxy) is 2. The maximum atomic E-state index is 5.99. The molecule has 1 saturated heterocycles. The minimum atomic E-state index is 0.124. The first kappa shape index (κ1) is 17.3. The van der Waals surface area contributed by atoms with Crippen LogP contribution in [0.25, 0.3) is 0 Å². The van der Waals surface area contributed by atoms with Crippen LogP contribution in [0.5, 0.6) is 5.75 Å². The predicted molar refractivity (Wildman–Crippen MR) is 91.7 cm³/mol. The van der Waals surface area contributed by atoms with Gasteiger partial charge >= 0.3 is 0 Å². The molecule has 0 radical (unpaired) electrons. The molecule has 2 rings (SSSR count). The van der Waals surface area contributed by atoms with Crippen LogP contribution in [-0.4, -0.2) is 32.4 Å². The third-order valence-corrected chi connectivity index (χ3v) is 4.10. The van der Waals surface area contributed by atoms with Gasteiger partial charge < -0.3 is 14.8 Å². The summed E-state index contributed by atoms with van der Waals surface area (Å²) in [7, 11) is 0. The Morgan fingerprint density at radius 1 is 1.23 bits per heavy atom. The van der Waals surface area contributed by atoms with Gasteiger partial charge in [-0.2, -0.15) is 0 Å². The maximum Gasteiger partial charge on any atom is 0.123 e. The molecule has 0 aliphatic carbocycles. The first-order valence-corrected chi connectivity index (χ1v) is 8.62. The summed E-state index contributed by atoms with van der Waals surface area (Å²) < 4.78 is 11.6. The molecule has 1 aliphatic rings. The molecule has 124 valence electrons. The molecule has 3 heteroatoms. The number of para-hydroxylation sites is 1. The lowest BCUT2D eigenvalue weighted by molar-refractivity contribution is 0.110. The fourth-order valence-electron chi connectivity index (χ4n) is 2.81. The number of benzene rings is 1. The van der Waals surface area contributed by atoms with Crippen LogP contribution in [0, 0.1) is 0 Å². The van der Waals surface area contributed by atoms with E-state index in [2.05, 4.69) is 44.3 Å². The van der Waals surface area contributed by atoms with E-state index in [1.807, 2.05) is 6.07 Å². The van der Waals surface area contributed by atoms with Crippen molar-refractivity contribution in [1.29, 1.82) is 0 Å². The van der Waals surface area contributed by atoms with Crippen LogP contribution in [0.4, 0.5) is 0 Å². The highest BCUT2D eigenvalue weighted by Crippen LogP contribution is 2.30. The monoisotopic (exact) mass is 305 g/mol. The van der Waals surface area contributed by atoms with Gasteiger partial charge in [0.2, 0.25) is 0 Å². The SMILES string of the molecule is CC(C)(C)c1ccccc1OCCCCNC[C@H]1CCCO1. The molecule has 1 atom stereocenters. The zero-order valence-electron chi connectivity index (χ0n) is 14.4. The lowest BCUT2D eigenvalue weighted by Gasteiger charge is -2.22. The average molecular weight is 305 g/mol. The lowest BCUT2D eigenvalue weighted by atomic mass is 9.86. The van der Waals surface area contributed by atoms with Gasteiger partial charge in [0.1, 0.15) is 5.75 Å². The highest BCUT2D eigenvalue weighted by molar-refractivity contribution is 5.38. The molecule has 1 heterocycles. The molecule has 3 nitrogen and oxygen atoms in total. The Morgan fingerprint density at radius 3 is 2.77 bits per heavy atom. The molecule has 0 saturated carbocycles. The molecule has 22 heavy (non-hydrogen) atoms. The van der Waals surface area contributed by atoms with Gasteiger partial charge in [-0.05, 0) is 49.3 Å². The summed E-state index contributed by atoms with van der Waals surface area (Å²) in [4.78, 5) is 0. The third-order valence-electron chi connectivity index (χ3n) is 4.10. The summed E-state index contributed by atoms with van der Waals surface area (Å²) in [6.07, 6.45) is 5.09. The second kappa shape index (κ2) is 8.54. The predicted octanol–water partition coefficient (Wildman–Crippen LogP) is 3.91. The van der Waals surface area contributed by atoms with Crippen molar-refractivity contribution in [2.75, 3.05) is 26.3 Å². The van der Waals surface area contributed by atoms with Crippen LogP contribution in [0.1, 0.15) is 52.0 Å². The molecule has 1 aromatic carbocycles. The maximum absolute atomic E-state index is 5.99. The van der Waals surface area contributed by atoms with Crippen molar-refractivity contribution >= 4 is 0 Å². The van der Waals surface area contributed by atoms with E-state index in [1.54, 1.807) is 0 Å². The molecule has 1 N–H and O–H groups in total. The third kappa shape index (κ3) is 5.62. The van der Waals surface area contributed by atoms with Crippen molar-refractivity contribution in [2.24, 2.45) is 0 Å². The topological polar surface area (TPSA) is 30.5 Å². The van der Waals surface area contributed by atoms with Crippen molar-refractivity contribution in [3.8, 4) is 5.75 Å². The fraction of sp³-hybridized carbons (Fsp3) is 0.684. The summed E-state index contributed by atoms with van der Waals surface area (Å²) in [5.41, 5.74) is 1.41. The van der Waals surface area contributed by atoms with Crippen molar-refractivity contribution in [2.45, 2.75) is 58.0 Å². The molecule has 0 amide bonds. The lowest BCUT2D eigenvalue weighted by Crippen LogP contribution is -2.27. The first-order valence-electron chi connectivity index (χ1n) is 8.62. The molecule has 1 aromatic rings. The summed E-state index contributed by atoms with van der Waals surface area (Å²) >= 11 is 0. The largest absolute Gasteiger partial charge is 0.493 e. The molecular formula is C19H31NO2. The van der Waals surface area contributed by atoms with E-state index in [0.29, 0.717) is 6.10 Å². The molecule has 1 aliphatic heterocycles. The van der Waals surface area contributed by atoms with Crippen molar-refractivity contribution in [3.63, 3.8) is 0 Å². The van der Waals surface area contributed by atoms with Crippen LogP contribution in [0.2, 0.25) is 0 Å². The summed E-state index contributed by atoms with van der Waals surface area (Å²) in [6, 6.07) is 8.38. The molecule has 0 bridgehead atoms. The second-order valence-corrected chi connectivity index (χ2v) is 7.14. The first-order chi connectivity index (χ1) is 10.6. The van der Waals surface area contributed by atoms with Gasteiger partial charge in [-0.3, -0.25) is 0 Å². The number of rotatable bonds is 8. The van der Waals surface area contributed by atoms with E-state index in [4.69, 9.17) is 9.47 Å². The van der Waals surface area contributed by atoms with Gasteiger partial charge in [-0.1, -0.05) is 39.0 Å². The number of nitrogens with one attached hydrogen (secondary N) is 1. The smallest absolute Gasteiger partial charge is 0.123 e. The Labute approximate surface area is 135 Å². The Kier molecular flexibility index (Phi) is 6.71. The standard InChI is InChI=1S/C19H31NO2/c1-19(2,3)17-10-4-5-11-18(17)22-13-7-6-12-20-15-16-9-8-14-21-16/h4-5,10-11,16,20H,6-9,12-15H2,1-3H3/t16-/m1/s1. The molecular weight excluding hydrogens is 274 g/mol. The quantitative estimate of drug-likeness (QED) is 0.739. The normalized spacial score (nSPS) is 18.6. The van der Waals surface area contributed by atoms with Crippen LogP contribution in [0.3, 0.4) is 0 Å². The van der Waals surface area contributed by atoms with Crippen LogP contribution < -0.4 is 10.1 Å². The van der Waals surface area contributed by atoms with Crippen LogP contribution in [0.15, 0.2) is 24.3 Å². The van der Waals surface area contributed by atoms with Crippen LogP contribution >= 0.6 is 0 Å². The van der Waals surface area contributed by atoms with E-state index in [-0.39, 0.29) is 5.41 Å². The van der Waals surface area contributed by atoms with Gasteiger partial charge in [0, 0.05) is 13.2 Å². The highest BCUT2D eigenvalue weighted by Gasteiger charge is 2.18. The fourth-order valence-corrected chi connectivity index (χ4v) is 2.81. The Morgan fingerprint density at radius 2 is 2.05 bits per heavy atom. The van der Waals surface area contributed by atoms with E-state index in [9.17, 15) is 0 Å². The number of hydrogen-bond donors (Lipinski definition) is 1. The molecule has 0 unspecified atom stereocenters. The summed E-state index contributed by atoms with van der Waals surface area (Å²) in [5, 5.41) is 3.48. The Hall–Kier alpha value is -1.06. The van der Waals surface area contributed by atoms with Gasteiger partial charge in [0.25, 0.3) is 0 Å². The van der Waals surface area contributed by atoms with E-state index in [0.717, 1.165) is 44.9 Å². The summed E-state index contributed by atoms with van der Waals surface area (Å²) in [5.74, 6) is 1.03. The van der Waals surface area contributed by atoms with E-state index < -0.39 is 0 Å². The molecule has 1 fully saturated rings. The van der Waals surface area contributed by atoms with Gasteiger partial charge in [0.05, 0.1) is 12.7 Å². The van der Waals surface area contributed by atoms with Crippen LogP contribution in [-0.2, 0) is 10.2 Å². The summed E-state index contributed by atoms with van der Waals surface area (Å²) in [6.45, 7) is 10.4. The zero-order chi connectivity index (χ0) is 15.8. The molecule has 0 aromatic heterocycles. The highest BCUT2D eigenvalue weighted by atomic mass is 16.5. The van der Waals surface area contributed by atoms with E-state index >= 15 is 0 Å². The van der Waals surface area contributed by atoms with Crippen molar-refractivity contribution in [3.05, 3.63) is 29.8 Å². The van der Waals surface area contributed by atoms with E-state index in [1.165, 1.54) is 18.4 Å². The zero-order valence-corrected chi connectivity index (χ0v) is 14.4. The number of hydrogen-bond acceptors (Lipinski definition) is 3. The molecule has 0 spiro atoms. The van der Waals surface area contributed by atoms with Crippen molar-refractivity contribution in [1.82, 2.24) is 5.32 Å². The van der Waals surface area contributed by atoms with Gasteiger partial charge in [-0.15, -0.1) is 0 Å². The Balaban J connectivity index is 1.60. The Bertz CT molecular complexity index is 433. The second-order valence-electron chi connectivity index (χ2n) is 7.14. The van der Waals surface area contributed by atoms with Gasteiger partial charge in [-0.25, -0.2) is 0 Å². The number of unbranched alkanes of at least 4 members (excludes halogenated alkanes) is 1. The minimum absolute atomic E-state index is 0.124. The van der Waals surface area contributed by atoms with Crippen molar-refractivity contribution < 1.29 is 9.47 Å².